The first-order chi connectivity index (χ1) is 10.2. The Bertz CT molecular complexity index is 453. The summed E-state index contributed by atoms with van der Waals surface area (Å²) in [5, 5.41) is 3.36. The van der Waals surface area contributed by atoms with Gasteiger partial charge in [-0.15, -0.1) is 0 Å². The summed E-state index contributed by atoms with van der Waals surface area (Å²) in [7, 11) is 0. The van der Waals surface area contributed by atoms with Gasteiger partial charge in [-0.05, 0) is 19.0 Å². The summed E-state index contributed by atoms with van der Waals surface area (Å²) < 4.78 is 0. The fourth-order valence-electron chi connectivity index (χ4n) is 2.72. The minimum Gasteiger partial charge on any atom is -0.340 e. The van der Waals surface area contributed by atoms with Crippen molar-refractivity contribution in [1.29, 1.82) is 0 Å². The third-order valence-electron chi connectivity index (χ3n) is 4.10. The molecule has 4 nitrogen and oxygen atoms in total. The zero-order valence-corrected chi connectivity index (χ0v) is 13.3. The van der Waals surface area contributed by atoms with E-state index in [0.29, 0.717) is 6.42 Å². The van der Waals surface area contributed by atoms with Crippen LogP contribution in [-0.2, 0) is 11.3 Å². The Morgan fingerprint density at radius 1 is 1.24 bits per heavy atom. The van der Waals surface area contributed by atoms with Crippen LogP contribution in [0.3, 0.4) is 0 Å². The number of hydrogen-bond donors (Lipinski definition) is 1. The molecule has 1 aliphatic rings. The van der Waals surface area contributed by atoms with Gasteiger partial charge < -0.3 is 15.1 Å². The van der Waals surface area contributed by atoms with E-state index < -0.39 is 0 Å². The topological polar surface area (TPSA) is 35.6 Å². The predicted molar refractivity (Wildman–Crippen MR) is 86.2 cm³/mol. The molecule has 0 saturated carbocycles. The van der Waals surface area contributed by atoms with Crippen LogP contribution in [0.25, 0.3) is 0 Å². The van der Waals surface area contributed by atoms with Gasteiger partial charge in [0.2, 0.25) is 5.91 Å². The van der Waals surface area contributed by atoms with Gasteiger partial charge in [-0.25, -0.2) is 0 Å². The van der Waals surface area contributed by atoms with Crippen LogP contribution >= 0.6 is 0 Å². The molecule has 116 valence electrons. The first-order valence-electron chi connectivity index (χ1n) is 7.95. The maximum atomic E-state index is 12.1. The van der Waals surface area contributed by atoms with Crippen molar-refractivity contribution in [3.8, 4) is 0 Å². The summed E-state index contributed by atoms with van der Waals surface area (Å²) in [5.41, 5.74) is 2.55. The molecule has 4 heteroatoms. The molecule has 1 aromatic carbocycles. The van der Waals surface area contributed by atoms with Crippen molar-refractivity contribution in [2.24, 2.45) is 0 Å². The van der Waals surface area contributed by atoms with Crippen molar-refractivity contribution in [3.05, 3.63) is 35.4 Å². The second kappa shape index (κ2) is 8.15. The molecule has 21 heavy (non-hydrogen) atoms. The van der Waals surface area contributed by atoms with Crippen molar-refractivity contribution < 1.29 is 4.79 Å². The number of amides is 1. The van der Waals surface area contributed by atoms with E-state index >= 15 is 0 Å². The standard InChI is InChI=1S/C17H27N3O/c1-3-19-9-11-20(12-10-19)17(21)7-8-18-14-16-6-4-5-15(2)13-16/h4-6,13,18H,3,7-12,14H2,1-2H3. The molecule has 1 aromatic rings. The van der Waals surface area contributed by atoms with E-state index in [0.717, 1.165) is 45.8 Å². The van der Waals surface area contributed by atoms with Gasteiger partial charge in [0.05, 0.1) is 0 Å². The van der Waals surface area contributed by atoms with Crippen molar-refractivity contribution in [1.82, 2.24) is 15.1 Å². The van der Waals surface area contributed by atoms with E-state index in [1.807, 2.05) is 4.90 Å². The largest absolute Gasteiger partial charge is 0.340 e. The molecule has 0 atom stereocenters. The lowest BCUT2D eigenvalue weighted by molar-refractivity contribution is -0.132. The molecule has 1 N–H and O–H groups in total. The molecule has 1 aliphatic heterocycles. The van der Waals surface area contributed by atoms with Crippen LogP contribution in [0, 0.1) is 6.92 Å². The summed E-state index contributed by atoms with van der Waals surface area (Å²) >= 11 is 0. The Labute approximate surface area is 128 Å². The Balaban J connectivity index is 1.63. The second-order valence-electron chi connectivity index (χ2n) is 5.73. The fourth-order valence-corrected chi connectivity index (χ4v) is 2.72. The van der Waals surface area contributed by atoms with Crippen molar-refractivity contribution in [3.63, 3.8) is 0 Å². The number of carbonyl (C=O) groups excluding carboxylic acids is 1. The monoisotopic (exact) mass is 289 g/mol. The minimum absolute atomic E-state index is 0.280. The van der Waals surface area contributed by atoms with E-state index in [4.69, 9.17) is 0 Å². The Kier molecular flexibility index (Phi) is 6.21. The Morgan fingerprint density at radius 2 is 2.00 bits per heavy atom. The van der Waals surface area contributed by atoms with Crippen LogP contribution in [0.15, 0.2) is 24.3 Å². The average molecular weight is 289 g/mol. The van der Waals surface area contributed by atoms with Gasteiger partial charge in [-0.3, -0.25) is 4.79 Å². The third-order valence-corrected chi connectivity index (χ3v) is 4.10. The van der Waals surface area contributed by atoms with Crippen LogP contribution < -0.4 is 5.32 Å². The van der Waals surface area contributed by atoms with E-state index in [2.05, 4.69) is 48.3 Å². The van der Waals surface area contributed by atoms with E-state index in [9.17, 15) is 4.79 Å². The highest BCUT2D eigenvalue weighted by Crippen LogP contribution is 2.05. The molecule has 1 fully saturated rings. The highest BCUT2D eigenvalue weighted by molar-refractivity contribution is 5.76. The van der Waals surface area contributed by atoms with E-state index in [1.165, 1.54) is 11.1 Å². The SMILES string of the molecule is CCN1CCN(C(=O)CCNCc2cccc(C)c2)CC1. The summed E-state index contributed by atoms with van der Waals surface area (Å²) in [6, 6.07) is 8.47. The summed E-state index contributed by atoms with van der Waals surface area (Å²) in [4.78, 5) is 16.5. The zero-order chi connectivity index (χ0) is 15.1. The zero-order valence-electron chi connectivity index (χ0n) is 13.3. The average Bonchev–Trinajstić information content (AvgIpc) is 2.51. The Morgan fingerprint density at radius 3 is 2.67 bits per heavy atom. The van der Waals surface area contributed by atoms with Gasteiger partial charge >= 0.3 is 0 Å². The molecule has 1 heterocycles. The quantitative estimate of drug-likeness (QED) is 0.809. The van der Waals surface area contributed by atoms with Crippen LogP contribution in [0.5, 0.6) is 0 Å². The van der Waals surface area contributed by atoms with Crippen LogP contribution in [0.2, 0.25) is 0 Å². The van der Waals surface area contributed by atoms with Crippen molar-refractivity contribution in [2.75, 3.05) is 39.3 Å². The molecule has 1 amide bonds. The van der Waals surface area contributed by atoms with Gasteiger partial charge in [0.25, 0.3) is 0 Å². The number of likely N-dealkylation sites (N-methyl/N-ethyl adjacent to an activating group) is 1. The number of hydrogen-bond acceptors (Lipinski definition) is 3. The third kappa shape index (κ3) is 5.14. The highest BCUT2D eigenvalue weighted by atomic mass is 16.2. The molecule has 0 radical (unpaired) electrons. The normalized spacial score (nSPS) is 16.2. The minimum atomic E-state index is 0.280. The maximum absolute atomic E-state index is 12.1. The number of benzene rings is 1. The van der Waals surface area contributed by atoms with Gasteiger partial charge in [-0.2, -0.15) is 0 Å². The van der Waals surface area contributed by atoms with Gasteiger partial charge in [0.1, 0.15) is 0 Å². The van der Waals surface area contributed by atoms with Gasteiger partial charge in [-0.1, -0.05) is 36.8 Å². The molecular formula is C17H27N3O. The molecule has 0 aliphatic carbocycles. The molecule has 0 aromatic heterocycles. The maximum Gasteiger partial charge on any atom is 0.223 e. The van der Waals surface area contributed by atoms with E-state index in [-0.39, 0.29) is 5.91 Å². The molecule has 1 saturated heterocycles. The summed E-state index contributed by atoms with van der Waals surface area (Å²) in [6.07, 6.45) is 0.595. The molecular weight excluding hydrogens is 262 g/mol. The summed E-state index contributed by atoms with van der Waals surface area (Å²) in [5.74, 6) is 0.280. The fraction of sp³-hybridized carbons (Fsp3) is 0.588. The number of nitrogens with one attached hydrogen (secondary N) is 1. The predicted octanol–water partition coefficient (Wildman–Crippen LogP) is 1.64. The van der Waals surface area contributed by atoms with Gasteiger partial charge in [0.15, 0.2) is 0 Å². The highest BCUT2D eigenvalue weighted by Gasteiger charge is 2.19. The number of nitrogens with zero attached hydrogens (tertiary/aromatic N) is 2. The van der Waals surface area contributed by atoms with Crippen molar-refractivity contribution in [2.45, 2.75) is 26.8 Å². The van der Waals surface area contributed by atoms with Crippen molar-refractivity contribution >= 4 is 5.91 Å². The molecule has 2 rings (SSSR count). The summed E-state index contributed by atoms with van der Waals surface area (Å²) in [6.45, 7) is 10.7. The smallest absolute Gasteiger partial charge is 0.223 e. The molecule has 0 unspecified atom stereocenters. The van der Waals surface area contributed by atoms with E-state index in [1.54, 1.807) is 0 Å². The van der Waals surface area contributed by atoms with Crippen LogP contribution in [0.4, 0.5) is 0 Å². The second-order valence-corrected chi connectivity index (χ2v) is 5.73. The number of rotatable bonds is 6. The lowest BCUT2D eigenvalue weighted by atomic mass is 10.1. The number of piperazine rings is 1. The lowest BCUT2D eigenvalue weighted by Crippen LogP contribution is -2.48. The first kappa shape index (κ1) is 16.0. The molecule has 0 bridgehead atoms. The number of carbonyl (C=O) groups is 1. The van der Waals surface area contributed by atoms with Crippen LogP contribution in [0.1, 0.15) is 24.5 Å². The van der Waals surface area contributed by atoms with Crippen LogP contribution in [-0.4, -0.2) is 55.0 Å². The Hall–Kier alpha value is -1.39. The number of aryl methyl sites for hydroxylation is 1. The first-order valence-corrected chi connectivity index (χ1v) is 7.95. The molecule has 0 spiro atoms. The lowest BCUT2D eigenvalue weighted by Gasteiger charge is -2.34. The van der Waals surface area contributed by atoms with Gasteiger partial charge in [0, 0.05) is 45.7 Å².